The Kier molecular flexibility index (Phi) is 6.88. The first-order valence-corrected chi connectivity index (χ1v) is 12.3. The van der Waals surface area contributed by atoms with Gasteiger partial charge in [0.1, 0.15) is 5.75 Å². The monoisotopic (exact) mass is 485 g/mol. The van der Waals surface area contributed by atoms with Gasteiger partial charge in [-0.2, -0.15) is 4.31 Å². The van der Waals surface area contributed by atoms with Crippen LogP contribution in [-0.4, -0.2) is 51.9 Å². The van der Waals surface area contributed by atoms with E-state index in [1.54, 1.807) is 30.3 Å². The highest BCUT2D eigenvalue weighted by Crippen LogP contribution is 2.30. The standard InChI is InChI=1S/C24H24ClN3O4S/c1-32-23-12-11-21(17-22(23)26-24(29)18-7-9-19(25)10-8-18)33(30,31)28-15-13-27(14-16-28)20-5-3-2-4-6-20/h2-12,17H,13-16H2,1H3,(H,26,29). The summed E-state index contributed by atoms with van der Waals surface area (Å²) < 4.78 is 33.4. The summed E-state index contributed by atoms with van der Waals surface area (Å²) >= 11 is 5.89. The second-order valence-corrected chi connectivity index (χ2v) is 9.92. The van der Waals surface area contributed by atoms with Crippen LogP contribution in [0, 0.1) is 0 Å². The number of hydrogen-bond donors (Lipinski definition) is 1. The molecule has 33 heavy (non-hydrogen) atoms. The number of ether oxygens (including phenoxy) is 1. The number of rotatable bonds is 6. The number of nitrogens with one attached hydrogen (secondary N) is 1. The molecule has 0 saturated carbocycles. The molecule has 1 aliphatic heterocycles. The van der Waals surface area contributed by atoms with Crippen molar-refractivity contribution in [2.45, 2.75) is 4.90 Å². The molecule has 0 spiro atoms. The Bertz CT molecular complexity index is 1230. The number of piperazine rings is 1. The summed E-state index contributed by atoms with van der Waals surface area (Å²) in [7, 11) is -2.28. The summed E-state index contributed by atoms with van der Waals surface area (Å²) in [6, 6.07) is 20.8. The minimum absolute atomic E-state index is 0.0999. The normalized spacial score (nSPS) is 14.7. The number of nitrogens with zero attached hydrogens (tertiary/aromatic N) is 2. The summed E-state index contributed by atoms with van der Waals surface area (Å²) in [6.45, 7) is 1.94. The fraction of sp³-hybridized carbons (Fsp3) is 0.208. The van der Waals surface area contributed by atoms with Gasteiger partial charge < -0.3 is 15.0 Å². The molecule has 4 rings (SSSR count). The van der Waals surface area contributed by atoms with Crippen LogP contribution in [0.5, 0.6) is 5.75 Å². The van der Waals surface area contributed by atoms with Gasteiger partial charge in [0.2, 0.25) is 10.0 Å². The second kappa shape index (κ2) is 9.82. The number of methoxy groups -OCH3 is 1. The number of para-hydroxylation sites is 1. The zero-order valence-corrected chi connectivity index (χ0v) is 19.6. The molecule has 1 heterocycles. The highest BCUT2D eigenvalue weighted by Gasteiger charge is 2.29. The maximum atomic E-state index is 13.3. The van der Waals surface area contributed by atoms with Crippen LogP contribution in [0.15, 0.2) is 77.7 Å². The molecule has 0 bridgehead atoms. The topological polar surface area (TPSA) is 79.0 Å². The lowest BCUT2D eigenvalue weighted by molar-refractivity contribution is 0.102. The van der Waals surface area contributed by atoms with Gasteiger partial charge in [-0.25, -0.2) is 8.42 Å². The molecule has 7 nitrogen and oxygen atoms in total. The molecule has 172 valence electrons. The van der Waals surface area contributed by atoms with E-state index in [-0.39, 0.29) is 10.6 Å². The van der Waals surface area contributed by atoms with E-state index in [9.17, 15) is 13.2 Å². The van der Waals surface area contributed by atoms with Crippen molar-refractivity contribution in [3.8, 4) is 5.75 Å². The Morgan fingerprint density at radius 3 is 2.24 bits per heavy atom. The third kappa shape index (κ3) is 5.13. The van der Waals surface area contributed by atoms with Crippen LogP contribution in [0.2, 0.25) is 5.02 Å². The number of carbonyl (C=O) groups excluding carboxylic acids is 1. The van der Waals surface area contributed by atoms with Gasteiger partial charge in [-0.1, -0.05) is 29.8 Å². The van der Waals surface area contributed by atoms with E-state index < -0.39 is 15.9 Å². The summed E-state index contributed by atoms with van der Waals surface area (Å²) in [6.07, 6.45) is 0. The largest absolute Gasteiger partial charge is 0.495 e. The lowest BCUT2D eigenvalue weighted by Gasteiger charge is -2.35. The predicted molar refractivity (Wildman–Crippen MR) is 130 cm³/mol. The molecule has 0 atom stereocenters. The fourth-order valence-corrected chi connectivity index (χ4v) is 5.29. The number of anilines is 2. The van der Waals surface area contributed by atoms with Crippen LogP contribution >= 0.6 is 11.6 Å². The predicted octanol–water partition coefficient (Wildman–Crippen LogP) is 4.11. The van der Waals surface area contributed by atoms with Crippen molar-refractivity contribution in [3.05, 3.63) is 83.4 Å². The van der Waals surface area contributed by atoms with Gasteiger partial charge in [-0.15, -0.1) is 0 Å². The Labute approximate surface area is 198 Å². The Morgan fingerprint density at radius 2 is 1.61 bits per heavy atom. The van der Waals surface area contributed by atoms with Crippen molar-refractivity contribution in [3.63, 3.8) is 0 Å². The highest BCUT2D eigenvalue weighted by molar-refractivity contribution is 7.89. The van der Waals surface area contributed by atoms with Crippen molar-refractivity contribution >= 4 is 38.9 Å². The van der Waals surface area contributed by atoms with Crippen molar-refractivity contribution < 1.29 is 17.9 Å². The van der Waals surface area contributed by atoms with Crippen LogP contribution < -0.4 is 15.0 Å². The Hall–Kier alpha value is -3.07. The minimum atomic E-state index is -3.74. The zero-order chi connectivity index (χ0) is 23.4. The summed E-state index contributed by atoms with van der Waals surface area (Å²) in [5.41, 5.74) is 1.75. The fourth-order valence-electron chi connectivity index (χ4n) is 3.72. The van der Waals surface area contributed by atoms with Gasteiger partial charge in [0.15, 0.2) is 0 Å². The molecular formula is C24H24ClN3O4S. The molecular weight excluding hydrogens is 462 g/mol. The van der Waals surface area contributed by atoms with Gasteiger partial charge in [-0.05, 0) is 54.6 Å². The SMILES string of the molecule is COc1ccc(S(=O)(=O)N2CCN(c3ccccc3)CC2)cc1NC(=O)c1ccc(Cl)cc1. The smallest absolute Gasteiger partial charge is 0.255 e. The van der Waals surface area contributed by atoms with E-state index in [4.69, 9.17) is 16.3 Å². The molecule has 0 radical (unpaired) electrons. The molecule has 0 unspecified atom stereocenters. The molecule has 1 fully saturated rings. The third-order valence-electron chi connectivity index (χ3n) is 5.52. The molecule has 1 aliphatic rings. The zero-order valence-electron chi connectivity index (χ0n) is 18.1. The first kappa shape index (κ1) is 23.1. The minimum Gasteiger partial charge on any atom is -0.495 e. The van der Waals surface area contributed by atoms with Crippen molar-refractivity contribution in [2.75, 3.05) is 43.5 Å². The van der Waals surface area contributed by atoms with Crippen LogP contribution in [0.1, 0.15) is 10.4 Å². The third-order valence-corrected chi connectivity index (χ3v) is 7.67. The number of sulfonamides is 1. The first-order chi connectivity index (χ1) is 15.9. The van der Waals surface area contributed by atoms with Crippen LogP contribution in [0.3, 0.4) is 0 Å². The summed E-state index contributed by atoms with van der Waals surface area (Å²) in [4.78, 5) is 14.9. The van der Waals surface area contributed by atoms with Gasteiger partial charge in [0, 0.05) is 42.5 Å². The van der Waals surface area contributed by atoms with Gasteiger partial charge >= 0.3 is 0 Å². The number of carbonyl (C=O) groups is 1. The van der Waals surface area contributed by atoms with E-state index in [0.29, 0.717) is 42.5 Å². The summed E-state index contributed by atoms with van der Waals surface area (Å²) in [5.74, 6) is -0.0267. The highest BCUT2D eigenvalue weighted by atomic mass is 35.5. The van der Waals surface area contributed by atoms with E-state index in [2.05, 4.69) is 10.2 Å². The van der Waals surface area contributed by atoms with Crippen LogP contribution in [-0.2, 0) is 10.0 Å². The van der Waals surface area contributed by atoms with Crippen molar-refractivity contribution in [1.82, 2.24) is 4.31 Å². The van der Waals surface area contributed by atoms with Gasteiger partial charge in [0.25, 0.3) is 5.91 Å². The van der Waals surface area contributed by atoms with Gasteiger partial charge in [-0.3, -0.25) is 4.79 Å². The second-order valence-electron chi connectivity index (χ2n) is 7.55. The molecule has 3 aromatic carbocycles. The number of amides is 1. The van der Waals surface area contributed by atoms with Crippen molar-refractivity contribution in [1.29, 1.82) is 0 Å². The van der Waals surface area contributed by atoms with Crippen LogP contribution in [0.25, 0.3) is 0 Å². The van der Waals surface area contributed by atoms with Crippen LogP contribution in [0.4, 0.5) is 11.4 Å². The Morgan fingerprint density at radius 1 is 0.939 bits per heavy atom. The van der Waals surface area contributed by atoms with Gasteiger partial charge in [0.05, 0.1) is 17.7 Å². The maximum Gasteiger partial charge on any atom is 0.255 e. The molecule has 1 amide bonds. The summed E-state index contributed by atoms with van der Waals surface area (Å²) in [5, 5.41) is 3.26. The van der Waals surface area contributed by atoms with E-state index in [1.165, 1.54) is 23.5 Å². The quantitative estimate of drug-likeness (QED) is 0.568. The maximum absolute atomic E-state index is 13.3. The Balaban J connectivity index is 1.52. The van der Waals surface area contributed by atoms with Crippen molar-refractivity contribution in [2.24, 2.45) is 0 Å². The lowest BCUT2D eigenvalue weighted by atomic mass is 10.2. The molecule has 3 aromatic rings. The molecule has 0 aromatic heterocycles. The average Bonchev–Trinajstić information content (AvgIpc) is 2.85. The lowest BCUT2D eigenvalue weighted by Crippen LogP contribution is -2.48. The molecule has 0 aliphatic carbocycles. The number of benzene rings is 3. The molecule has 1 N–H and O–H groups in total. The molecule has 1 saturated heterocycles. The average molecular weight is 486 g/mol. The van der Waals surface area contributed by atoms with E-state index in [0.717, 1.165) is 5.69 Å². The number of hydrogen-bond acceptors (Lipinski definition) is 5. The van der Waals surface area contributed by atoms with E-state index >= 15 is 0 Å². The first-order valence-electron chi connectivity index (χ1n) is 10.4. The number of halogens is 1. The van der Waals surface area contributed by atoms with E-state index in [1.807, 2.05) is 30.3 Å². The molecule has 9 heteroatoms.